The zero-order valence-electron chi connectivity index (χ0n) is 9.21. The summed E-state index contributed by atoms with van der Waals surface area (Å²) in [5.41, 5.74) is 0.761. The summed E-state index contributed by atoms with van der Waals surface area (Å²) < 4.78 is 31.6. The van der Waals surface area contributed by atoms with E-state index in [1.165, 1.54) is 7.05 Å². The number of ether oxygens (including phenoxy) is 1. The van der Waals surface area contributed by atoms with Crippen molar-refractivity contribution in [3.8, 4) is 11.8 Å². The molecule has 5 nitrogen and oxygen atoms in total. The van der Waals surface area contributed by atoms with Crippen LogP contribution >= 0.6 is 0 Å². The number of hydrogen-bond donors (Lipinski definition) is 2. The van der Waals surface area contributed by atoms with Gasteiger partial charge in [0.25, 0.3) is 5.88 Å². The highest BCUT2D eigenvalue weighted by atomic mass is 19.1. The predicted molar refractivity (Wildman–Crippen MR) is 57.1 cm³/mol. The number of hydrogen-bond acceptors (Lipinski definition) is 4. The summed E-state index contributed by atoms with van der Waals surface area (Å²) in [6.45, 7) is 1.77. The van der Waals surface area contributed by atoms with Crippen LogP contribution in [-0.4, -0.2) is 22.2 Å². The smallest absolute Gasteiger partial charge is 0.259 e. The van der Waals surface area contributed by atoms with Crippen LogP contribution in [0.5, 0.6) is 11.8 Å². The van der Waals surface area contributed by atoms with Crippen molar-refractivity contribution in [1.29, 1.82) is 0 Å². The molecule has 2 heterocycles. The van der Waals surface area contributed by atoms with Crippen LogP contribution < -0.4 is 10.1 Å². The fraction of sp³-hybridized carbons (Fsp3) is 0.200. The summed E-state index contributed by atoms with van der Waals surface area (Å²) in [5.74, 6) is -1.92. The van der Waals surface area contributed by atoms with Gasteiger partial charge < -0.3 is 10.1 Å². The van der Waals surface area contributed by atoms with E-state index in [0.717, 1.165) is 5.69 Å². The van der Waals surface area contributed by atoms with Gasteiger partial charge in [-0.15, -0.1) is 5.10 Å². The Morgan fingerprint density at radius 2 is 2.06 bits per heavy atom. The van der Waals surface area contributed by atoms with E-state index in [4.69, 9.17) is 4.74 Å². The molecule has 0 fully saturated rings. The summed E-state index contributed by atoms with van der Waals surface area (Å²) in [4.78, 5) is 3.66. The van der Waals surface area contributed by atoms with Crippen LogP contribution in [0.3, 0.4) is 0 Å². The number of rotatable bonds is 3. The molecule has 0 bridgehead atoms. The second-order valence-electron chi connectivity index (χ2n) is 3.35. The van der Waals surface area contributed by atoms with Gasteiger partial charge in [0.05, 0.1) is 0 Å². The highest BCUT2D eigenvalue weighted by Gasteiger charge is 2.13. The number of nitrogens with one attached hydrogen (secondary N) is 2. The molecule has 0 amide bonds. The molecule has 0 saturated heterocycles. The number of aromatic amines is 1. The minimum atomic E-state index is -0.887. The Bertz CT molecular complexity index is 541. The first kappa shape index (κ1) is 11.3. The van der Waals surface area contributed by atoms with Crippen LogP contribution in [-0.2, 0) is 0 Å². The molecule has 0 aliphatic heterocycles. The quantitative estimate of drug-likeness (QED) is 0.863. The zero-order chi connectivity index (χ0) is 12.4. The molecule has 0 saturated carbocycles. The lowest BCUT2D eigenvalue weighted by Gasteiger charge is -2.06. The molecule has 0 spiro atoms. The first-order valence-corrected chi connectivity index (χ1v) is 4.84. The number of anilines is 1. The molecule has 7 heteroatoms. The maximum atomic E-state index is 13.4. The van der Waals surface area contributed by atoms with E-state index in [0.29, 0.717) is 6.07 Å². The zero-order valence-corrected chi connectivity index (χ0v) is 9.21. The molecule has 0 radical (unpaired) electrons. The van der Waals surface area contributed by atoms with Crippen molar-refractivity contribution in [1.82, 2.24) is 15.2 Å². The summed E-state index contributed by atoms with van der Waals surface area (Å²) in [6.07, 6.45) is 0. The van der Waals surface area contributed by atoms with Crippen LogP contribution in [0.4, 0.5) is 14.6 Å². The molecule has 0 atom stereocenters. The average molecular weight is 240 g/mol. The lowest BCUT2D eigenvalue weighted by atomic mass is 10.4. The number of aromatic nitrogens is 3. The molecule has 2 N–H and O–H groups in total. The van der Waals surface area contributed by atoms with E-state index in [9.17, 15) is 8.78 Å². The molecule has 2 aromatic rings. The second-order valence-corrected chi connectivity index (χ2v) is 3.35. The van der Waals surface area contributed by atoms with Gasteiger partial charge in [0.2, 0.25) is 5.88 Å². The van der Waals surface area contributed by atoms with E-state index in [2.05, 4.69) is 20.5 Å². The topological polar surface area (TPSA) is 62.8 Å². The van der Waals surface area contributed by atoms with Crippen molar-refractivity contribution in [2.45, 2.75) is 6.92 Å². The Balaban J connectivity index is 2.32. The number of aryl methyl sites for hydroxylation is 1. The van der Waals surface area contributed by atoms with Gasteiger partial charge in [-0.05, 0) is 6.92 Å². The standard InChI is InChI=1S/C10H10F2N4O/c1-5-3-8(16-15-5)17-10-7(12)4-6(11)9(13-2)14-10/h3-4H,1-2H3,(H,13,14)(H,15,16). The minimum Gasteiger partial charge on any atom is -0.416 e. The first-order valence-electron chi connectivity index (χ1n) is 4.84. The van der Waals surface area contributed by atoms with Gasteiger partial charge in [-0.3, -0.25) is 5.10 Å². The number of H-pyrrole nitrogens is 1. The SMILES string of the molecule is CNc1nc(Oc2cc(C)[nH]n2)c(F)cc1F. The molecule has 2 rings (SSSR count). The summed E-state index contributed by atoms with van der Waals surface area (Å²) in [5, 5.41) is 8.89. The monoisotopic (exact) mass is 240 g/mol. The highest BCUT2D eigenvalue weighted by molar-refractivity contribution is 5.39. The predicted octanol–water partition coefficient (Wildman–Crippen LogP) is 2.23. The van der Waals surface area contributed by atoms with Crippen molar-refractivity contribution < 1.29 is 13.5 Å². The third-order valence-electron chi connectivity index (χ3n) is 2.02. The van der Waals surface area contributed by atoms with E-state index in [1.54, 1.807) is 13.0 Å². The lowest BCUT2D eigenvalue weighted by molar-refractivity contribution is 0.404. The van der Waals surface area contributed by atoms with Crippen LogP contribution in [0.25, 0.3) is 0 Å². The van der Waals surface area contributed by atoms with Gasteiger partial charge >= 0.3 is 0 Å². The van der Waals surface area contributed by atoms with Crippen LogP contribution in [0, 0.1) is 18.6 Å². The van der Waals surface area contributed by atoms with Crippen LogP contribution in [0.1, 0.15) is 5.69 Å². The molecule has 0 unspecified atom stereocenters. The van der Waals surface area contributed by atoms with Crippen molar-refractivity contribution >= 4 is 5.82 Å². The third-order valence-corrected chi connectivity index (χ3v) is 2.02. The van der Waals surface area contributed by atoms with E-state index < -0.39 is 11.6 Å². The molecular formula is C10H10F2N4O. The molecule has 0 aliphatic carbocycles. The number of pyridine rings is 1. The molecular weight excluding hydrogens is 230 g/mol. The highest BCUT2D eigenvalue weighted by Crippen LogP contribution is 2.24. The number of nitrogens with zero attached hydrogens (tertiary/aromatic N) is 2. The molecule has 2 aromatic heterocycles. The van der Waals surface area contributed by atoms with Crippen LogP contribution in [0.15, 0.2) is 12.1 Å². The van der Waals surface area contributed by atoms with Gasteiger partial charge in [-0.2, -0.15) is 4.98 Å². The molecule has 0 aliphatic rings. The van der Waals surface area contributed by atoms with Gasteiger partial charge in [-0.25, -0.2) is 8.78 Å². The Morgan fingerprint density at radius 1 is 1.29 bits per heavy atom. The Morgan fingerprint density at radius 3 is 2.65 bits per heavy atom. The van der Waals surface area contributed by atoms with Crippen molar-refractivity contribution in [3.05, 3.63) is 29.5 Å². The Labute approximate surface area is 95.8 Å². The van der Waals surface area contributed by atoms with Crippen molar-refractivity contribution in [2.24, 2.45) is 0 Å². The van der Waals surface area contributed by atoms with Gasteiger partial charge in [0, 0.05) is 24.9 Å². The normalized spacial score (nSPS) is 10.4. The van der Waals surface area contributed by atoms with E-state index in [1.807, 2.05) is 0 Å². The summed E-state index contributed by atoms with van der Waals surface area (Å²) in [7, 11) is 1.48. The number of halogens is 2. The Kier molecular flexibility index (Phi) is 2.90. The molecule has 90 valence electrons. The first-order chi connectivity index (χ1) is 8.10. The van der Waals surface area contributed by atoms with Crippen molar-refractivity contribution in [3.63, 3.8) is 0 Å². The molecule has 17 heavy (non-hydrogen) atoms. The lowest BCUT2D eigenvalue weighted by Crippen LogP contribution is -2.01. The Hall–Kier alpha value is -2.18. The summed E-state index contributed by atoms with van der Waals surface area (Å²) in [6, 6.07) is 2.28. The molecule has 0 aromatic carbocycles. The largest absolute Gasteiger partial charge is 0.416 e. The van der Waals surface area contributed by atoms with Gasteiger partial charge in [-0.1, -0.05) is 0 Å². The maximum Gasteiger partial charge on any atom is 0.259 e. The van der Waals surface area contributed by atoms with Crippen molar-refractivity contribution in [2.75, 3.05) is 12.4 Å². The van der Waals surface area contributed by atoms with Gasteiger partial charge in [0.15, 0.2) is 17.5 Å². The van der Waals surface area contributed by atoms with Gasteiger partial charge in [0.1, 0.15) is 0 Å². The van der Waals surface area contributed by atoms with Crippen LogP contribution in [0.2, 0.25) is 0 Å². The second kappa shape index (κ2) is 4.36. The maximum absolute atomic E-state index is 13.4. The summed E-state index contributed by atoms with van der Waals surface area (Å²) >= 11 is 0. The fourth-order valence-electron chi connectivity index (χ4n) is 1.24. The fourth-order valence-corrected chi connectivity index (χ4v) is 1.24. The minimum absolute atomic E-state index is 0.0892. The van der Waals surface area contributed by atoms with E-state index in [-0.39, 0.29) is 17.6 Å². The van der Waals surface area contributed by atoms with E-state index >= 15 is 0 Å². The average Bonchev–Trinajstić information content (AvgIpc) is 2.68. The third kappa shape index (κ3) is 2.32.